The van der Waals surface area contributed by atoms with Crippen LogP contribution in [0.15, 0.2) is 83.9 Å². The zero-order valence-electron chi connectivity index (χ0n) is 17.2. The molecule has 1 amide bonds. The van der Waals surface area contributed by atoms with E-state index in [0.717, 1.165) is 5.56 Å². The lowest BCUT2D eigenvalue weighted by atomic mass is 10.0. The predicted molar refractivity (Wildman–Crippen MR) is 117 cm³/mol. The number of benzene rings is 2. The van der Waals surface area contributed by atoms with Gasteiger partial charge in [-0.3, -0.25) is 9.78 Å². The van der Waals surface area contributed by atoms with Gasteiger partial charge in [-0.15, -0.1) is 0 Å². The fraction of sp³-hybridized carbons (Fsp3) is 0.217. The van der Waals surface area contributed by atoms with Crippen LogP contribution in [0.5, 0.6) is 0 Å². The average molecular weight is 424 g/mol. The first kappa shape index (κ1) is 21.7. The molecule has 0 aliphatic heterocycles. The fourth-order valence-electron chi connectivity index (χ4n) is 2.98. The summed E-state index contributed by atoms with van der Waals surface area (Å²) < 4.78 is 26.9. The van der Waals surface area contributed by atoms with Crippen LogP contribution < -0.4 is 5.32 Å². The van der Waals surface area contributed by atoms with E-state index in [0.29, 0.717) is 5.69 Å². The molecule has 1 aromatic heterocycles. The van der Waals surface area contributed by atoms with Gasteiger partial charge in [0.05, 0.1) is 16.6 Å². The molecule has 0 radical (unpaired) electrons. The van der Waals surface area contributed by atoms with E-state index >= 15 is 0 Å². The first-order valence-electron chi connectivity index (χ1n) is 9.65. The van der Waals surface area contributed by atoms with Crippen LogP contribution in [0, 0.1) is 0 Å². The second kappa shape index (κ2) is 9.19. The molecule has 30 heavy (non-hydrogen) atoms. The number of pyridine rings is 1. The maximum absolute atomic E-state index is 13.0. The minimum absolute atomic E-state index is 0.0837. The number of nitrogens with one attached hydrogen (secondary N) is 1. The van der Waals surface area contributed by atoms with E-state index in [1.165, 1.54) is 23.5 Å². The fourth-order valence-corrected chi connectivity index (χ4v) is 4.39. The molecule has 0 aliphatic rings. The van der Waals surface area contributed by atoms with Crippen molar-refractivity contribution in [1.82, 2.24) is 14.6 Å². The molecular weight excluding hydrogens is 398 g/mol. The molecule has 0 spiro atoms. The number of hydrogen-bond acceptors (Lipinski definition) is 4. The lowest BCUT2D eigenvalue weighted by Crippen LogP contribution is -2.33. The Balaban J connectivity index is 1.92. The minimum atomic E-state index is -3.69. The monoisotopic (exact) mass is 423 g/mol. The molecule has 1 N–H and O–H groups in total. The second-order valence-corrected chi connectivity index (χ2v) is 9.21. The van der Waals surface area contributed by atoms with Gasteiger partial charge >= 0.3 is 0 Å². The zero-order chi connectivity index (χ0) is 21.7. The summed E-state index contributed by atoms with van der Waals surface area (Å²) in [7, 11) is -2.16. The van der Waals surface area contributed by atoms with Crippen molar-refractivity contribution in [2.75, 3.05) is 7.05 Å². The van der Waals surface area contributed by atoms with Crippen LogP contribution in [0.4, 0.5) is 0 Å². The van der Waals surface area contributed by atoms with Crippen LogP contribution in [-0.4, -0.2) is 36.7 Å². The Morgan fingerprint density at radius 2 is 1.67 bits per heavy atom. The van der Waals surface area contributed by atoms with Crippen molar-refractivity contribution in [2.24, 2.45) is 0 Å². The van der Waals surface area contributed by atoms with Gasteiger partial charge < -0.3 is 5.32 Å². The van der Waals surface area contributed by atoms with E-state index in [4.69, 9.17) is 0 Å². The maximum Gasteiger partial charge on any atom is 0.252 e. The van der Waals surface area contributed by atoms with Gasteiger partial charge in [-0.1, -0.05) is 42.5 Å². The van der Waals surface area contributed by atoms with Crippen LogP contribution in [0.25, 0.3) is 0 Å². The molecule has 3 aromatic rings. The smallest absolute Gasteiger partial charge is 0.252 e. The van der Waals surface area contributed by atoms with E-state index in [1.54, 1.807) is 32.2 Å². The summed E-state index contributed by atoms with van der Waals surface area (Å²) in [6.07, 6.45) is 1.67. The van der Waals surface area contributed by atoms with Crippen molar-refractivity contribution in [3.8, 4) is 0 Å². The second-order valence-electron chi connectivity index (χ2n) is 7.21. The van der Waals surface area contributed by atoms with Crippen molar-refractivity contribution in [3.05, 3.63) is 95.8 Å². The van der Waals surface area contributed by atoms with Crippen molar-refractivity contribution in [3.63, 3.8) is 0 Å². The van der Waals surface area contributed by atoms with Crippen LogP contribution in [0.1, 0.15) is 41.5 Å². The standard InChI is InChI=1S/C23H25N3O3S/c1-17(2)26(3)30(28,29)20-13-9-12-19(16-20)23(27)25-22(18-10-5-4-6-11-18)21-14-7-8-15-24-21/h4-17,22H,1-3H3,(H,25,27). The molecular formula is C23H25N3O3S. The highest BCUT2D eigenvalue weighted by atomic mass is 32.2. The third-order valence-electron chi connectivity index (χ3n) is 4.89. The summed E-state index contributed by atoms with van der Waals surface area (Å²) in [5.41, 5.74) is 1.85. The Hall–Kier alpha value is -3.03. The first-order chi connectivity index (χ1) is 14.3. The zero-order valence-corrected chi connectivity index (χ0v) is 18.0. The van der Waals surface area contributed by atoms with Gasteiger partial charge in [0.15, 0.2) is 0 Å². The van der Waals surface area contributed by atoms with E-state index in [1.807, 2.05) is 48.5 Å². The van der Waals surface area contributed by atoms with Gasteiger partial charge in [0.1, 0.15) is 0 Å². The normalized spacial score (nSPS) is 12.7. The summed E-state index contributed by atoms with van der Waals surface area (Å²) in [6.45, 7) is 3.59. The van der Waals surface area contributed by atoms with Crippen molar-refractivity contribution >= 4 is 15.9 Å². The molecule has 7 heteroatoms. The summed E-state index contributed by atoms with van der Waals surface area (Å²) >= 11 is 0. The van der Waals surface area contributed by atoms with Crippen molar-refractivity contribution < 1.29 is 13.2 Å². The van der Waals surface area contributed by atoms with Gasteiger partial charge in [-0.25, -0.2) is 8.42 Å². The summed E-state index contributed by atoms with van der Waals surface area (Å²) in [5.74, 6) is -0.376. The first-order valence-corrected chi connectivity index (χ1v) is 11.1. The van der Waals surface area contributed by atoms with E-state index in [9.17, 15) is 13.2 Å². The summed E-state index contributed by atoms with van der Waals surface area (Å²) in [4.78, 5) is 17.5. The largest absolute Gasteiger partial charge is 0.340 e. The Labute approximate surface area is 177 Å². The molecule has 0 aliphatic carbocycles. The van der Waals surface area contributed by atoms with Gasteiger partial charge in [0, 0.05) is 24.8 Å². The Morgan fingerprint density at radius 1 is 0.967 bits per heavy atom. The number of nitrogens with zero attached hydrogens (tertiary/aromatic N) is 2. The SMILES string of the molecule is CC(C)N(C)S(=O)(=O)c1cccc(C(=O)NC(c2ccccc2)c2ccccn2)c1. The van der Waals surface area contributed by atoms with Gasteiger partial charge in [-0.05, 0) is 49.7 Å². The number of hydrogen-bond donors (Lipinski definition) is 1. The van der Waals surface area contributed by atoms with Gasteiger partial charge in [0.2, 0.25) is 10.0 Å². The predicted octanol–water partition coefficient (Wildman–Crippen LogP) is 3.63. The van der Waals surface area contributed by atoms with Crippen LogP contribution in [0.3, 0.4) is 0 Å². The number of aromatic nitrogens is 1. The third-order valence-corrected chi connectivity index (χ3v) is 6.92. The van der Waals surface area contributed by atoms with Gasteiger partial charge in [-0.2, -0.15) is 4.31 Å². The molecule has 0 fully saturated rings. The molecule has 1 heterocycles. The Bertz CT molecular complexity index is 1060. The highest BCUT2D eigenvalue weighted by molar-refractivity contribution is 7.89. The number of sulfonamides is 1. The number of carbonyl (C=O) groups is 1. The number of carbonyl (C=O) groups excluding carboxylic acids is 1. The van der Waals surface area contributed by atoms with Crippen molar-refractivity contribution in [2.45, 2.75) is 30.8 Å². The highest BCUT2D eigenvalue weighted by Crippen LogP contribution is 2.22. The average Bonchev–Trinajstić information content (AvgIpc) is 2.78. The van der Waals surface area contributed by atoms with Crippen LogP contribution in [0.2, 0.25) is 0 Å². The molecule has 1 unspecified atom stereocenters. The maximum atomic E-state index is 13.0. The molecule has 3 rings (SSSR count). The van der Waals surface area contributed by atoms with E-state index in [2.05, 4.69) is 10.3 Å². The lowest BCUT2D eigenvalue weighted by Gasteiger charge is -2.22. The Kier molecular flexibility index (Phi) is 6.64. The molecule has 2 aromatic carbocycles. The molecule has 0 saturated heterocycles. The number of amides is 1. The quantitative estimate of drug-likeness (QED) is 0.629. The lowest BCUT2D eigenvalue weighted by molar-refractivity contribution is 0.0942. The topological polar surface area (TPSA) is 79.4 Å². The third kappa shape index (κ3) is 4.75. The summed E-state index contributed by atoms with van der Waals surface area (Å²) in [5, 5.41) is 2.99. The van der Waals surface area contributed by atoms with Crippen LogP contribution in [-0.2, 0) is 10.0 Å². The van der Waals surface area contributed by atoms with Crippen molar-refractivity contribution in [1.29, 1.82) is 0 Å². The molecule has 0 saturated carbocycles. The van der Waals surface area contributed by atoms with Crippen LogP contribution >= 0.6 is 0 Å². The van der Waals surface area contributed by atoms with E-state index < -0.39 is 16.1 Å². The van der Waals surface area contributed by atoms with E-state index in [-0.39, 0.29) is 22.4 Å². The molecule has 1 atom stereocenters. The molecule has 156 valence electrons. The minimum Gasteiger partial charge on any atom is -0.340 e. The number of rotatable bonds is 7. The summed E-state index contributed by atoms with van der Waals surface area (Å²) in [6, 6.07) is 20.5. The molecule has 6 nitrogen and oxygen atoms in total. The highest BCUT2D eigenvalue weighted by Gasteiger charge is 2.25. The Morgan fingerprint density at radius 3 is 2.30 bits per heavy atom. The van der Waals surface area contributed by atoms with Gasteiger partial charge in [0.25, 0.3) is 5.91 Å². The molecule has 0 bridgehead atoms.